The maximum atomic E-state index is 15.2. The smallest absolute Gasteiger partial charge is 0.355 e. The van der Waals surface area contributed by atoms with Crippen LogP contribution in [0.5, 0.6) is 11.5 Å². The molecule has 2 atom stereocenters. The summed E-state index contributed by atoms with van der Waals surface area (Å²) < 4.78 is 27.4. The Morgan fingerprint density at radius 2 is 1.52 bits per heavy atom. The number of anilines is 2. The molecule has 1 aliphatic rings. The summed E-state index contributed by atoms with van der Waals surface area (Å²) in [5.41, 5.74) is 3.56. The van der Waals surface area contributed by atoms with Crippen LogP contribution in [0.2, 0.25) is 5.15 Å². The fourth-order valence-electron chi connectivity index (χ4n) is 7.21. The standard InChI is InChI=1S/C41H45ClFN7O4/c1-9-35(51)49-26(5)20-48(21-27(49)6)39-32-19-33(43)38(42)45-40(32)50(41(52)46-39)37-25(4)18-34(44-36(37)24(2)3)47(22-28-10-14-30(53-7)15-11-28)23-29-12-16-31(54-8)17-13-29/h9-19,24,26-27H,1,20-23H2,2-8H3/t26-,27+. The summed E-state index contributed by atoms with van der Waals surface area (Å²) in [6, 6.07) is 18.6. The molecular formula is C41H45ClFN7O4. The molecule has 1 saturated heterocycles. The number of hydrogen-bond donors (Lipinski definition) is 0. The van der Waals surface area contributed by atoms with Gasteiger partial charge in [0.1, 0.15) is 23.1 Å². The molecule has 0 bridgehead atoms. The SMILES string of the molecule is C=CC(=O)N1[C@H](C)CN(c2nc(=O)n(-c3c(C)cc(N(Cc4ccc(OC)cc4)Cc4ccc(OC)cc4)nc3C(C)C)c3nc(Cl)c(F)cc23)C[C@@H]1C. The number of pyridine rings is 2. The predicted molar refractivity (Wildman–Crippen MR) is 211 cm³/mol. The van der Waals surface area contributed by atoms with Crippen molar-refractivity contribution in [2.75, 3.05) is 37.1 Å². The van der Waals surface area contributed by atoms with Gasteiger partial charge in [0.25, 0.3) is 0 Å². The number of methoxy groups -OCH3 is 2. The lowest BCUT2D eigenvalue weighted by atomic mass is 10.0. The van der Waals surface area contributed by atoms with Gasteiger partial charge in [-0.1, -0.05) is 56.3 Å². The van der Waals surface area contributed by atoms with Gasteiger partial charge in [-0.3, -0.25) is 4.79 Å². The zero-order valence-electron chi connectivity index (χ0n) is 31.6. The number of aromatic nitrogens is 4. The molecule has 1 fully saturated rings. The topological polar surface area (TPSA) is 106 Å². The highest BCUT2D eigenvalue weighted by Crippen LogP contribution is 2.34. The van der Waals surface area contributed by atoms with Crippen LogP contribution >= 0.6 is 11.6 Å². The summed E-state index contributed by atoms with van der Waals surface area (Å²) in [4.78, 5) is 47.0. The zero-order valence-corrected chi connectivity index (χ0v) is 32.4. The molecule has 5 aromatic rings. The minimum Gasteiger partial charge on any atom is -0.497 e. The molecule has 0 unspecified atom stereocenters. The first-order chi connectivity index (χ1) is 25.8. The van der Waals surface area contributed by atoms with Crippen LogP contribution in [0, 0.1) is 12.7 Å². The molecule has 1 aliphatic heterocycles. The number of hydrogen-bond acceptors (Lipinski definition) is 9. The summed E-state index contributed by atoms with van der Waals surface area (Å²) in [6.45, 7) is 15.2. The molecule has 1 amide bonds. The fourth-order valence-corrected chi connectivity index (χ4v) is 7.35. The lowest BCUT2D eigenvalue weighted by Crippen LogP contribution is -2.58. The molecular weight excluding hydrogens is 709 g/mol. The second-order valence-electron chi connectivity index (χ2n) is 14.0. The summed E-state index contributed by atoms with van der Waals surface area (Å²) >= 11 is 6.33. The van der Waals surface area contributed by atoms with E-state index in [2.05, 4.69) is 21.4 Å². The van der Waals surface area contributed by atoms with E-state index in [-0.39, 0.29) is 40.5 Å². The molecule has 0 N–H and O–H groups in total. The van der Waals surface area contributed by atoms with Crippen molar-refractivity contribution in [3.8, 4) is 17.2 Å². The van der Waals surface area contributed by atoms with Crippen molar-refractivity contribution in [3.05, 3.63) is 117 Å². The highest BCUT2D eigenvalue weighted by atomic mass is 35.5. The largest absolute Gasteiger partial charge is 0.497 e. The fraction of sp³-hybridized carbons (Fsp3) is 0.341. The van der Waals surface area contributed by atoms with Crippen LogP contribution in [0.1, 0.15) is 56.0 Å². The number of amides is 1. The summed E-state index contributed by atoms with van der Waals surface area (Å²) in [5, 5.41) is -0.0485. The van der Waals surface area contributed by atoms with Crippen LogP contribution in [0.25, 0.3) is 16.7 Å². The summed E-state index contributed by atoms with van der Waals surface area (Å²) in [7, 11) is 3.28. The minimum atomic E-state index is -0.735. The first kappa shape index (κ1) is 38.2. The van der Waals surface area contributed by atoms with Crippen LogP contribution in [0.4, 0.5) is 16.0 Å². The molecule has 0 aliphatic carbocycles. The molecule has 11 nitrogen and oxygen atoms in total. The molecule has 282 valence electrons. The Bertz CT molecular complexity index is 2180. The number of aryl methyl sites for hydroxylation is 1. The van der Waals surface area contributed by atoms with Crippen molar-refractivity contribution in [1.29, 1.82) is 0 Å². The Labute approximate surface area is 319 Å². The van der Waals surface area contributed by atoms with E-state index in [1.165, 1.54) is 16.7 Å². The Hall–Kier alpha value is -5.49. The summed E-state index contributed by atoms with van der Waals surface area (Å²) in [6.07, 6.45) is 1.30. The Morgan fingerprint density at radius 3 is 2.02 bits per heavy atom. The third-order valence-corrected chi connectivity index (χ3v) is 10.0. The van der Waals surface area contributed by atoms with Gasteiger partial charge >= 0.3 is 5.69 Å². The minimum absolute atomic E-state index is 0.141. The normalized spacial score (nSPS) is 15.8. The van der Waals surface area contributed by atoms with Crippen LogP contribution in [0.3, 0.4) is 0 Å². The molecule has 54 heavy (non-hydrogen) atoms. The van der Waals surface area contributed by atoms with Crippen LogP contribution in [-0.4, -0.2) is 69.7 Å². The van der Waals surface area contributed by atoms with Crippen molar-refractivity contribution in [2.45, 2.75) is 65.7 Å². The third kappa shape index (κ3) is 7.61. The number of fused-ring (bicyclic) bond motifs is 1. The number of carbonyl (C=O) groups is 1. The van der Waals surface area contributed by atoms with Gasteiger partial charge in [0.05, 0.1) is 31.0 Å². The predicted octanol–water partition coefficient (Wildman–Crippen LogP) is 7.24. The molecule has 4 heterocycles. The van der Waals surface area contributed by atoms with Gasteiger partial charge < -0.3 is 24.2 Å². The van der Waals surface area contributed by atoms with Crippen LogP contribution in [0.15, 0.2) is 78.1 Å². The lowest BCUT2D eigenvalue weighted by molar-refractivity contribution is -0.130. The van der Waals surface area contributed by atoms with E-state index in [1.807, 2.05) is 94.1 Å². The molecule has 6 rings (SSSR count). The molecule has 2 aromatic carbocycles. The monoisotopic (exact) mass is 753 g/mol. The number of halogens is 2. The number of nitrogens with zero attached hydrogens (tertiary/aromatic N) is 7. The maximum Gasteiger partial charge on any atom is 0.355 e. The Kier molecular flexibility index (Phi) is 11.2. The van der Waals surface area contributed by atoms with E-state index in [1.54, 1.807) is 19.1 Å². The van der Waals surface area contributed by atoms with E-state index in [0.717, 1.165) is 28.2 Å². The average molecular weight is 754 g/mol. The highest BCUT2D eigenvalue weighted by Gasteiger charge is 2.34. The maximum absolute atomic E-state index is 15.2. The quantitative estimate of drug-likeness (QED) is 0.102. The summed E-state index contributed by atoms with van der Waals surface area (Å²) in [5.74, 6) is 1.46. The Balaban J connectivity index is 1.49. The van der Waals surface area contributed by atoms with E-state index < -0.39 is 11.5 Å². The van der Waals surface area contributed by atoms with Crippen molar-refractivity contribution in [1.82, 2.24) is 24.4 Å². The van der Waals surface area contributed by atoms with Crippen LogP contribution in [-0.2, 0) is 17.9 Å². The van der Waals surface area contributed by atoms with E-state index in [0.29, 0.717) is 48.8 Å². The van der Waals surface area contributed by atoms with Crippen molar-refractivity contribution < 1.29 is 18.7 Å². The second kappa shape index (κ2) is 15.9. The highest BCUT2D eigenvalue weighted by molar-refractivity contribution is 6.30. The first-order valence-electron chi connectivity index (χ1n) is 17.8. The van der Waals surface area contributed by atoms with E-state index in [9.17, 15) is 9.59 Å². The van der Waals surface area contributed by atoms with Gasteiger partial charge in [0.2, 0.25) is 5.91 Å². The zero-order chi connectivity index (χ0) is 38.8. The first-order valence-corrected chi connectivity index (χ1v) is 18.2. The van der Waals surface area contributed by atoms with Gasteiger partial charge in [-0.05, 0) is 85.9 Å². The van der Waals surface area contributed by atoms with E-state index in [4.69, 9.17) is 26.1 Å². The molecule has 3 aromatic heterocycles. The Morgan fingerprint density at radius 1 is 0.963 bits per heavy atom. The lowest BCUT2D eigenvalue weighted by Gasteiger charge is -2.44. The molecule has 0 spiro atoms. The van der Waals surface area contributed by atoms with Gasteiger partial charge in [0.15, 0.2) is 16.6 Å². The van der Waals surface area contributed by atoms with Crippen molar-refractivity contribution >= 4 is 40.2 Å². The number of piperazine rings is 1. The molecule has 0 saturated carbocycles. The van der Waals surface area contributed by atoms with Crippen molar-refractivity contribution in [2.24, 2.45) is 0 Å². The van der Waals surface area contributed by atoms with Gasteiger partial charge in [-0.2, -0.15) is 4.98 Å². The van der Waals surface area contributed by atoms with Crippen LogP contribution < -0.4 is 25.0 Å². The van der Waals surface area contributed by atoms with Gasteiger partial charge in [-0.25, -0.2) is 23.7 Å². The van der Waals surface area contributed by atoms with Gasteiger partial charge in [-0.15, -0.1) is 0 Å². The van der Waals surface area contributed by atoms with Crippen molar-refractivity contribution in [3.63, 3.8) is 0 Å². The second-order valence-corrected chi connectivity index (χ2v) is 14.3. The number of ether oxygens (including phenoxy) is 2. The number of carbonyl (C=O) groups excluding carboxylic acids is 1. The van der Waals surface area contributed by atoms with Gasteiger partial charge in [0, 0.05) is 38.3 Å². The average Bonchev–Trinajstić information content (AvgIpc) is 3.15. The molecule has 0 radical (unpaired) electrons. The number of rotatable bonds is 11. The molecule has 13 heteroatoms. The number of benzene rings is 2. The third-order valence-electron chi connectivity index (χ3n) is 9.76. The van der Waals surface area contributed by atoms with E-state index >= 15 is 4.39 Å².